The molecule has 23 heavy (non-hydrogen) atoms. The minimum Gasteiger partial charge on any atom is -0.233 e. The molecule has 0 fully saturated rings. The first-order chi connectivity index (χ1) is 11.4. The molecule has 0 aliphatic heterocycles. The number of nitrogens with zero attached hydrogens (tertiary/aromatic N) is 1. The third-order valence-electron chi connectivity index (χ3n) is 3.03. The van der Waals surface area contributed by atoms with E-state index in [1.165, 1.54) is 0 Å². The monoisotopic (exact) mass is 313 g/mol. The van der Waals surface area contributed by atoms with E-state index in [0.29, 0.717) is 0 Å². The Morgan fingerprint density at radius 3 is 1.91 bits per heavy atom. The number of benzene rings is 3. The molecule has 0 bridgehead atoms. The topological polar surface area (TPSA) is 12.4 Å². The maximum atomic E-state index is 4.67. The fourth-order valence-corrected chi connectivity index (χ4v) is 2.71. The van der Waals surface area contributed by atoms with Crippen LogP contribution < -0.4 is 0 Å². The van der Waals surface area contributed by atoms with E-state index in [2.05, 4.69) is 29.0 Å². The molecular weight excluding hydrogens is 298 g/mol. The predicted octanol–water partition coefficient (Wildman–Crippen LogP) is 5.56. The second kappa shape index (κ2) is 8.03. The van der Waals surface area contributed by atoms with E-state index in [4.69, 9.17) is 0 Å². The first kappa shape index (κ1) is 15.1. The quantitative estimate of drug-likeness (QED) is 0.261. The van der Waals surface area contributed by atoms with Gasteiger partial charge in [-0.25, -0.2) is 4.99 Å². The van der Waals surface area contributed by atoms with E-state index in [1.54, 1.807) is 11.8 Å². The van der Waals surface area contributed by atoms with Gasteiger partial charge in [0.2, 0.25) is 0 Å². The fraction of sp³-hybridized carbons (Fsp3) is 0. The molecule has 0 unspecified atom stereocenters. The molecule has 2 heteroatoms. The Kier molecular flexibility index (Phi) is 5.29. The molecule has 110 valence electrons. The second-order valence-electron chi connectivity index (χ2n) is 4.78. The molecule has 3 aromatic carbocycles. The summed E-state index contributed by atoms with van der Waals surface area (Å²) in [5, 5.41) is 0.784. The van der Waals surface area contributed by atoms with Crippen molar-refractivity contribution in [2.24, 2.45) is 4.99 Å². The Morgan fingerprint density at radius 1 is 0.696 bits per heavy atom. The van der Waals surface area contributed by atoms with Gasteiger partial charge < -0.3 is 0 Å². The van der Waals surface area contributed by atoms with Crippen molar-refractivity contribution < 1.29 is 0 Å². The van der Waals surface area contributed by atoms with Crippen LogP contribution in [0.15, 0.2) is 101 Å². The molecule has 0 spiro atoms. The molecule has 0 amide bonds. The minimum absolute atomic E-state index is 0.784. The molecule has 3 aromatic rings. The van der Waals surface area contributed by atoms with E-state index >= 15 is 0 Å². The van der Waals surface area contributed by atoms with Crippen LogP contribution in [0.1, 0.15) is 5.56 Å². The van der Waals surface area contributed by atoms with Crippen LogP contribution in [0.25, 0.3) is 0 Å². The Balaban J connectivity index is 1.91. The lowest BCUT2D eigenvalue weighted by Gasteiger charge is -2.00. The first-order valence-electron chi connectivity index (χ1n) is 7.34. The number of rotatable bonds is 2. The normalized spacial score (nSPS) is 10.7. The highest BCUT2D eigenvalue weighted by atomic mass is 32.2. The van der Waals surface area contributed by atoms with Crippen LogP contribution in [-0.2, 0) is 0 Å². The van der Waals surface area contributed by atoms with Gasteiger partial charge in [0.15, 0.2) is 5.04 Å². The van der Waals surface area contributed by atoms with Crippen molar-refractivity contribution in [1.29, 1.82) is 0 Å². The fourth-order valence-electron chi connectivity index (χ4n) is 1.94. The van der Waals surface area contributed by atoms with Crippen molar-refractivity contribution in [3.8, 4) is 11.8 Å². The van der Waals surface area contributed by atoms with E-state index < -0.39 is 0 Å². The minimum atomic E-state index is 0.784. The van der Waals surface area contributed by atoms with Crippen LogP contribution in [0, 0.1) is 11.8 Å². The SMILES string of the molecule is C(#Cc1ccccc1)C(=Nc1ccccc1)Sc1ccccc1. The molecule has 0 radical (unpaired) electrons. The summed E-state index contributed by atoms with van der Waals surface area (Å²) in [7, 11) is 0. The van der Waals surface area contributed by atoms with Gasteiger partial charge in [-0.05, 0) is 42.3 Å². The van der Waals surface area contributed by atoms with Gasteiger partial charge in [-0.1, -0.05) is 72.3 Å². The summed E-state index contributed by atoms with van der Waals surface area (Å²) in [4.78, 5) is 5.80. The van der Waals surface area contributed by atoms with Crippen LogP contribution >= 0.6 is 11.8 Å². The zero-order chi connectivity index (χ0) is 15.7. The summed E-state index contributed by atoms with van der Waals surface area (Å²) >= 11 is 1.58. The number of para-hydroxylation sites is 1. The van der Waals surface area contributed by atoms with Gasteiger partial charge in [0.1, 0.15) is 0 Å². The Hall–Kier alpha value is -2.76. The zero-order valence-electron chi connectivity index (χ0n) is 12.5. The summed E-state index contributed by atoms with van der Waals surface area (Å²) in [5.41, 5.74) is 1.90. The maximum absolute atomic E-state index is 4.67. The average molecular weight is 313 g/mol. The molecule has 0 saturated carbocycles. The molecule has 0 saturated heterocycles. The number of thioether (sulfide) groups is 1. The molecule has 0 N–H and O–H groups in total. The van der Waals surface area contributed by atoms with Crippen LogP contribution in [0.2, 0.25) is 0 Å². The van der Waals surface area contributed by atoms with Crippen LogP contribution in [0.3, 0.4) is 0 Å². The van der Waals surface area contributed by atoms with Crippen LogP contribution in [-0.4, -0.2) is 5.04 Å². The molecule has 0 aliphatic rings. The van der Waals surface area contributed by atoms with Crippen molar-refractivity contribution in [2.75, 3.05) is 0 Å². The van der Waals surface area contributed by atoms with E-state index in [-0.39, 0.29) is 0 Å². The van der Waals surface area contributed by atoms with Crippen molar-refractivity contribution in [1.82, 2.24) is 0 Å². The number of hydrogen-bond donors (Lipinski definition) is 0. The smallest absolute Gasteiger partial charge is 0.152 e. The van der Waals surface area contributed by atoms with Gasteiger partial charge in [0.05, 0.1) is 5.69 Å². The van der Waals surface area contributed by atoms with Crippen molar-refractivity contribution in [2.45, 2.75) is 4.90 Å². The van der Waals surface area contributed by atoms with E-state index in [0.717, 1.165) is 21.2 Å². The highest BCUT2D eigenvalue weighted by Crippen LogP contribution is 2.22. The molecule has 0 heterocycles. The predicted molar refractivity (Wildman–Crippen MR) is 99.2 cm³/mol. The molecule has 0 aromatic heterocycles. The Morgan fingerprint density at radius 2 is 1.26 bits per heavy atom. The lowest BCUT2D eigenvalue weighted by molar-refractivity contribution is 1.47. The van der Waals surface area contributed by atoms with Crippen molar-refractivity contribution in [3.05, 3.63) is 96.6 Å². The molecule has 0 aliphatic carbocycles. The highest BCUT2D eigenvalue weighted by Gasteiger charge is 2.00. The summed E-state index contributed by atoms with van der Waals surface area (Å²) < 4.78 is 0. The van der Waals surface area contributed by atoms with Crippen LogP contribution in [0.4, 0.5) is 5.69 Å². The van der Waals surface area contributed by atoms with Gasteiger partial charge in [-0.3, -0.25) is 0 Å². The van der Waals surface area contributed by atoms with Gasteiger partial charge in [-0.2, -0.15) is 0 Å². The largest absolute Gasteiger partial charge is 0.233 e. The van der Waals surface area contributed by atoms with Crippen molar-refractivity contribution >= 4 is 22.5 Å². The van der Waals surface area contributed by atoms with E-state index in [1.807, 2.05) is 78.9 Å². The number of aliphatic imine (C=N–C) groups is 1. The zero-order valence-corrected chi connectivity index (χ0v) is 13.3. The lowest BCUT2D eigenvalue weighted by atomic mass is 10.2. The summed E-state index contributed by atoms with van der Waals surface area (Å²) in [6, 6.07) is 30.1. The van der Waals surface area contributed by atoms with Gasteiger partial charge in [0, 0.05) is 10.5 Å². The van der Waals surface area contributed by atoms with Gasteiger partial charge >= 0.3 is 0 Å². The number of hydrogen-bond acceptors (Lipinski definition) is 2. The Labute approximate surface area is 141 Å². The average Bonchev–Trinajstić information content (AvgIpc) is 2.62. The summed E-state index contributed by atoms with van der Waals surface area (Å²) in [6.45, 7) is 0. The maximum Gasteiger partial charge on any atom is 0.152 e. The van der Waals surface area contributed by atoms with Gasteiger partial charge in [0.25, 0.3) is 0 Å². The second-order valence-corrected chi connectivity index (χ2v) is 5.85. The summed E-state index contributed by atoms with van der Waals surface area (Å²) in [6.07, 6.45) is 0. The lowest BCUT2D eigenvalue weighted by Crippen LogP contribution is -1.87. The van der Waals surface area contributed by atoms with E-state index in [9.17, 15) is 0 Å². The van der Waals surface area contributed by atoms with Crippen molar-refractivity contribution in [3.63, 3.8) is 0 Å². The van der Waals surface area contributed by atoms with Gasteiger partial charge in [-0.15, -0.1) is 0 Å². The molecule has 1 nitrogen and oxygen atoms in total. The highest BCUT2D eigenvalue weighted by molar-refractivity contribution is 8.14. The third kappa shape index (κ3) is 4.88. The Bertz CT molecular complexity index is 829. The third-order valence-corrected chi connectivity index (χ3v) is 3.93. The van der Waals surface area contributed by atoms with Crippen LogP contribution in [0.5, 0.6) is 0 Å². The first-order valence-corrected chi connectivity index (χ1v) is 8.15. The summed E-state index contributed by atoms with van der Waals surface area (Å²) in [5.74, 6) is 6.38. The molecule has 3 rings (SSSR count). The standard InChI is InChI=1S/C21H15NS/c1-4-10-18(11-5-1)16-17-21(22-19-12-6-2-7-13-19)23-20-14-8-3-9-15-20/h1-15H. The molecular formula is C21H15NS. The molecule has 0 atom stereocenters.